The molecule has 6 heteroatoms. The molecule has 3 rings (SSSR count). The van der Waals surface area contributed by atoms with Gasteiger partial charge < -0.3 is 9.64 Å². The Morgan fingerprint density at radius 1 is 1.22 bits per heavy atom. The van der Waals surface area contributed by atoms with Crippen molar-refractivity contribution >= 4 is 11.9 Å². The highest BCUT2D eigenvalue weighted by Crippen LogP contribution is 2.38. The molecule has 1 heterocycles. The first-order valence-electron chi connectivity index (χ1n) is 10.6. The van der Waals surface area contributed by atoms with Gasteiger partial charge in [0, 0.05) is 29.7 Å². The van der Waals surface area contributed by atoms with E-state index < -0.39 is 23.5 Å². The molecular weight excluding hydrogens is 412 g/mol. The van der Waals surface area contributed by atoms with Crippen molar-refractivity contribution in [1.82, 2.24) is 4.90 Å². The molecule has 0 N–H and O–H groups in total. The van der Waals surface area contributed by atoms with Crippen LogP contribution in [0.15, 0.2) is 66.4 Å². The van der Waals surface area contributed by atoms with Gasteiger partial charge in [0.25, 0.3) is 0 Å². The molecular formula is C26H27F2NO3. The molecule has 1 aliphatic rings. The van der Waals surface area contributed by atoms with Crippen molar-refractivity contribution in [3.8, 4) is 0 Å². The largest absolute Gasteiger partial charge is 0.458 e. The van der Waals surface area contributed by atoms with E-state index in [9.17, 15) is 18.4 Å². The van der Waals surface area contributed by atoms with E-state index in [4.69, 9.17) is 4.74 Å². The number of hydrogen-bond acceptors (Lipinski definition) is 3. The molecule has 168 valence electrons. The van der Waals surface area contributed by atoms with Crippen LogP contribution in [0, 0.1) is 11.6 Å². The highest BCUT2D eigenvalue weighted by Gasteiger charge is 2.37. The number of amides is 1. The van der Waals surface area contributed by atoms with Crippen LogP contribution in [0.1, 0.15) is 55.7 Å². The number of carbonyl (C=O) groups is 2. The van der Waals surface area contributed by atoms with Crippen molar-refractivity contribution in [2.75, 3.05) is 6.61 Å². The number of benzene rings is 2. The lowest BCUT2D eigenvalue weighted by atomic mass is 9.83. The van der Waals surface area contributed by atoms with Gasteiger partial charge >= 0.3 is 5.97 Å². The molecule has 0 spiro atoms. The molecule has 2 aromatic rings. The third-order valence-corrected chi connectivity index (χ3v) is 5.72. The van der Waals surface area contributed by atoms with Crippen molar-refractivity contribution in [2.24, 2.45) is 0 Å². The van der Waals surface area contributed by atoms with Gasteiger partial charge in [-0.3, -0.25) is 4.79 Å². The van der Waals surface area contributed by atoms with E-state index in [2.05, 4.69) is 20.4 Å². The molecule has 0 fully saturated rings. The van der Waals surface area contributed by atoms with Crippen LogP contribution in [0.3, 0.4) is 0 Å². The number of nitrogens with zero attached hydrogens (tertiary/aromatic N) is 1. The predicted octanol–water partition coefficient (Wildman–Crippen LogP) is 5.61. The molecule has 1 atom stereocenters. The average Bonchev–Trinajstić information content (AvgIpc) is 2.76. The van der Waals surface area contributed by atoms with Crippen LogP contribution >= 0.6 is 0 Å². The molecule has 4 nitrogen and oxygen atoms in total. The Bertz CT molecular complexity index is 1060. The van der Waals surface area contributed by atoms with Crippen LogP contribution in [0.5, 0.6) is 0 Å². The first kappa shape index (κ1) is 23.4. The Morgan fingerprint density at radius 3 is 2.50 bits per heavy atom. The summed E-state index contributed by atoms with van der Waals surface area (Å²) in [4.78, 5) is 27.4. The number of halogens is 2. The normalized spacial score (nSPS) is 16.5. The zero-order valence-corrected chi connectivity index (χ0v) is 18.5. The quantitative estimate of drug-likeness (QED) is 0.416. The fourth-order valence-corrected chi connectivity index (χ4v) is 3.90. The maximum absolute atomic E-state index is 14.2. The maximum atomic E-state index is 14.2. The van der Waals surface area contributed by atoms with Crippen molar-refractivity contribution in [1.29, 1.82) is 0 Å². The third kappa shape index (κ3) is 4.96. The maximum Gasteiger partial charge on any atom is 0.336 e. The predicted molar refractivity (Wildman–Crippen MR) is 119 cm³/mol. The van der Waals surface area contributed by atoms with E-state index in [0.717, 1.165) is 23.3 Å². The zero-order chi connectivity index (χ0) is 23.4. The minimum absolute atomic E-state index is 0.0369. The van der Waals surface area contributed by atoms with E-state index in [1.165, 1.54) is 17.0 Å². The minimum Gasteiger partial charge on any atom is -0.458 e. The Morgan fingerprint density at radius 2 is 1.91 bits per heavy atom. The van der Waals surface area contributed by atoms with Crippen LogP contribution in [-0.4, -0.2) is 23.4 Å². The molecule has 0 aliphatic carbocycles. The van der Waals surface area contributed by atoms with Crippen LogP contribution < -0.4 is 0 Å². The Balaban J connectivity index is 2.02. The second-order valence-electron chi connectivity index (χ2n) is 8.18. The molecule has 32 heavy (non-hydrogen) atoms. The summed E-state index contributed by atoms with van der Waals surface area (Å²) in [6, 6.07) is 11.1. The topological polar surface area (TPSA) is 46.6 Å². The number of esters is 1. The monoisotopic (exact) mass is 439 g/mol. The van der Waals surface area contributed by atoms with Crippen molar-refractivity contribution in [3.63, 3.8) is 0 Å². The Hall–Kier alpha value is -3.28. The van der Waals surface area contributed by atoms with E-state index in [1.807, 2.05) is 24.3 Å². The van der Waals surface area contributed by atoms with Crippen LogP contribution in [0.25, 0.3) is 0 Å². The summed E-state index contributed by atoms with van der Waals surface area (Å²) in [6.45, 7) is 9.34. The molecule has 0 radical (unpaired) electrons. The zero-order valence-electron chi connectivity index (χ0n) is 18.5. The summed E-state index contributed by atoms with van der Waals surface area (Å²) in [5.41, 5.74) is 2.90. The Labute approximate surface area is 187 Å². The first-order chi connectivity index (χ1) is 15.2. The molecule has 0 aromatic heterocycles. The number of carbonyl (C=O) groups excluding carboxylic acids is 2. The summed E-state index contributed by atoms with van der Waals surface area (Å²) in [6.07, 6.45) is 1.51. The molecule has 0 saturated heterocycles. The number of hydrogen-bond donors (Lipinski definition) is 0. The molecule has 2 aromatic carbocycles. The van der Waals surface area contributed by atoms with Gasteiger partial charge in [-0.05, 0) is 30.0 Å². The van der Waals surface area contributed by atoms with Crippen LogP contribution in [0.2, 0.25) is 0 Å². The molecule has 1 amide bonds. The second kappa shape index (κ2) is 9.90. The van der Waals surface area contributed by atoms with Crippen molar-refractivity contribution in [3.05, 3.63) is 94.7 Å². The summed E-state index contributed by atoms with van der Waals surface area (Å²) in [5.74, 6) is -2.35. The van der Waals surface area contributed by atoms with Crippen molar-refractivity contribution in [2.45, 2.75) is 45.6 Å². The van der Waals surface area contributed by atoms with Gasteiger partial charge in [-0.2, -0.15) is 0 Å². The Kier molecular flexibility index (Phi) is 7.23. The van der Waals surface area contributed by atoms with Gasteiger partial charge in [0.2, 0.25) is 5.91 Å². The van der Waals surface area contributed by atoms with E-state index in [-0.39, 0.29) is 31.0 Å². The minimum atomic E-state index is -0.743. The standard InChI is InChI=1S/C26H27F2NO3/c1-5-12-32-26(31)25-17(4)29(15-20-10-11-21(27)13-23(20)28)24(30)14-22(25)19-8-6-18(7-9-19)16(2)3/h5-11,13,16,22H,1,12,14-15H2,2-4H3. The summed E-state index contributed by atoms with van der Waals surface area (Å²) >= 11 is 0. The highest BCUT2D eigenvalue weighted by atomic mass is 19.1. The molecule has 0 saturated carbocycles. The number of allylic oxidation sites excluding steroid dienone is 1. The SMILES string of the molecule is C=CCOC(=O)C1=C(C)N(Cc2ccc(F)cc2F)C(=O)CC1c1ccc(C(C)C)cc1. The summed E-state index contributed by atoms with van der Waals surface area (Å²) in [7, 11) is 0. The molecule has 1 unspecified atom stereocenters. The van der Waals surface area contributed by atoms with Gasteiger partial charge in [-0.1, -0.05) is 56.8 Å². The number of ether oxygens (including phenoxy) is 1. The average molecular weight is 440 g/mol. The second-order valence-corrected chi connectivity index (χ2v) is 8.18. The van der Waals surface area contributed by atoms with Gasteiger partial charge in [0.05, 0.1) is 12.1 Å². The summed E-state index contributed by atoms with van der Waals surface area (Å²) in [5, 5.41) is 0. The fourth-order valence-electron chi connectivity index (χ4n) is 3.90. The highest BCUT2D eigenvalue weighted by molar-refractivity contribution is 5.95. The number of rotatable bonds is 7. The molecule has 1 aliphatic heterocycles. The third-order valence-electron chi connectivity index (χ3n) is 5.72. The lowest BCUT2D eigenvalue weighted by Gasteiger charge is -2.34. The first-order valence-corrected chi connectivity index (χ1v) is 10.6. The van der Waals surface area contributed by atoms with Gasteiger partial charge in [-0.25, -0.2) is 13.6 Å². The van der Waals surface area contributed by atoms with Crippen LogP contribution in [0.4, 0.5) is 8.78 Å². The molecule has 0 bridgehead atoms. The van der Waals surface area contributed by atoms with E-state index in [0.29, 0.717) is 17.2 Å². The van der Waals surface area contributed by atoms with Gasteiger partial charge in [0.15, 0.2) is 0 Å². The van der Waals surface area contributed by atoms with E-state index >= 15 is 0 Å². The van der Waals surface area contributed by atoms with Crippen molar-refractivity contribution < 1.29 is 23.1 Å². The lowest BCUT2D eigenvalue weighted by molar-refractivity contribution is -0.139. The van der Waals surface area contributed by atoms with Gasteiger partial charge in [-0.15, -0.1) is 0 Å². The summed E-state index contributed by atoms with van der Waals surface area (Å²) < 4.78 is 32.8. The fraction of sp³-hybridized carbons (Fsp3) is 0.308. The smallest absolute Gasteiger partial charge is 0.336 e. The van der Waals surface area contributed by atoms with E-state index in [1.54, 1.807) is 6.92 Å². The van der Waals surface area contributed by atoms with Gasteiger partial charge in [0.1, 0.15) is 18.2 Å². The van der Waals surface area contributed by atoms with Crippen LogP contribution in [-0.2, 0) is 20.9 Å². The lowest BCUT2D eigenvalue weighted by Crippen LogP contribution is -2.38.